The summed E-state index contributed by atoms with van der Waals surface area (Å²) in [6, 6.07) is 1.52. The Morgan fingerprint density at radius 3 is 2.70 bits per heavy atom. The molecule has 0 fully saturated rings. The molecule has 1 amide bonds. The molecule has 0 saturated heterocycles. The first-order valence-corrected chi connectivity index (χ1v) is 7.27. The van der Waals surface area contributed by atoms with Crippen LogP contribution in [-0.4, -0.2) is 24.0 Å². The minimum absolute atomic E-state index is 0.0435. The average Bonchev–Trinajstić information content (AvgIpc) is 2.45. The van der Waals surface area contributed by atoms with E-state index >= 15 is 0 Å². The predicted molar refractivity (Wildman–Crippen MR) is 79.4 cm³/mol. The van der Waals surface area contributed by atoms with E-state index < -0.39 is 5.82 Å². The van der Waals surface area contributed by atoms with Crippen molar-refractivity contribution in [1.29, 1.82) is 0 Å². The Kier molecular flexibility index (Phi) is 6.98. The second kappa shape index (κ2) is 8.51. The summed E-state index contributed by atoms with van der Waals surface area (Å²) >= 11 is 0. The van der Waals surface area contributed by atoms with Crippen LogP contribution in [0.15, 0.2) is 12.3 Å². The van der Waals surface area contributed by atoms with Gasteiger partial charge >= 0.3 is 0 Å². The second-order valence-corrected chi connectivity index (χ2v) is 4.87. The van der Waals surface area contributed by atoms with Gasteiger partial charge in [-0.2, -0.15) is 0 Å². The van der Waals surface area contributed by atoms with Crippen LogP contribution < -0.4 is 10.6 Å². The summed E-state index contributed by atoms with van der Waals surface area (Å²) in [4.78, 5) is 16.0. The predicted octanol–water partition coefficient (Wildman–Crippen LogP) is 3.35. The van der Waals surface area contributed by atoms with Gasteiger partial charge in [0.2, 0.25) is 0 Å². The number of nitrogens with one attached hydrogen (secondary N) is 2. The molecule has 20 heavy (non-hydrogen) atoms. The molecule has 0 saturated carbocycles. The lowest BCUT2D eigenvalue weighted by Crippen LogP contribution is -2.35. The summed E-state index contributed by atoms with van der Waals surface area (Å²) in [7, 11) is 1.58. The molecule has 1 unspecified atom stereocenters. The Labute approximate surface area is 120 Å². The normalized spacial score (nSPS) is 12.0. The number of halogens is 1. The summed E-state index contributed by atoms with van der Waals surface area (Å²) in [6.07, 6.45) is 6.42. The van der Waals surface area contributed by atoms with Crippen LogP contribution in [0.2, 0.25) is 0 Å². The Morgan fingerprint density at radius 1 is 1.35 bits per heavy atom. The first-order valence-electron chi connectivity index (χ1n) is 7.27. The molecule has 0 aliphatic rings. The zero-order valence-electron chi connectivity index (χ0n) is 12.5. The van der Waals surface area contributed by atoms with Crippen molar-refractivity contribution in [3.8, 4) is 0 Å². The number of carbonyl (C=O) groups excluding carboxylic acids is 1. The molecule has 0 aliphatic carbocycles. The number of carbonyl (C=O) groups is 1. The number of nitrogens with zero attached hydrogens (tertiary/aromatic N) is 1. The molecule has 0 bridgehead atoms. The number of amides is 1. The Hall–Kier alpha value is -1.65. The van der Waals surface area contributed by atoms with Crippen molar-refractivity contribution in [3.63, 3.8) is 0 Å². The number of hydrogen-bond acceptors (Lipinski definition) is 3. The maximum atomic E-state index is 14.0. The third-order valence-electron chi connectivity index (χ3n) is 3.25. The van der Waals surface area contributed by atoms with Gasteiger partial charge in [0.25, 0.3) is 5.91 Å². The summed E-state index contributed by atoms with van der Waals surface area (Å²) in [5.41, 5.74) is 0.0435. The lowest BCUT2D eigenvalue weighted by Gasteiger charge is -2.18. The number of pyridine rings is 1. The van der Waals surface area contributed by atoms with Crippen molar-refractivity contribution in [2.45, 2.75) is 52.0 Å². The van der Waals surface area contributed by atoms with Crippen molar-refractivity contribution in [2.75, 3.05) is 12.4 Å². The Morgan fingerprint density at radius 2 is 2.10 bits per heavy atom. The summed E-state index contributed by atoms with van der Waals surface area (Å²) in [5.74, 6) is -0.868. The molecule has 1 heterocycles. The SMILES string of the molecule is CCCCC(CCC)NC(=O)c1ccnc(NC)c1F. The van der Waals surface area contributed by atoms with Gasteiger partial charge in [-0.25, -0.2) is 9.37 Å². The van der Waals surface area contributed by atoms with Crippen LogP contribution in [0.4, 0.5) is 10.2 Å². The third kappa shape index (κ3) is 4.47. The van der Waals surface area contributed by atoms with Gasteiger partial charge < -0.3 is 10.6 Å². The van der Waals surface area contributed by atoms with Crippen LogP contribution in [0, 0.1) is 5.82 Å². The smallest absolute Gasteiger partial charge is 0.254 e. The number of unbranched alkanes of at least 4 members (excludes halogenated alkanes) is 1. The number of anilines is 1. The summed E-state index contributed by atoms with van der Waals surface area (Å²) < 4.78 is 14.0. The highest BCUT2D eigenvalue weighted by molar-refractivity contribution is 5.95. The minimum Gasteiger partial charge on any atom is -0.371 e. The van der Waals surface area contributed by atoms with Gasteiger partial charge in [0.05, 0.1) is 5.56 Å². The highest BCUT2D eigenvalue weighted by atomic mass is 19.1. The second-order valence-electron chi connectivity index (χ2n) is 4.87. The van der Waals surface area contributed by atoms with Gasteiger partial charge in [0.15, 0.2) is 11.6 Å². The fraction of sp³-hybridized carbons (Fsp3) is 0.600. The van der Waals surface area contributed by atoms with Crippen molar-refractivity contribution in [2.24, 2.45) is 0 Å². The van der Waals surface area contributed by atoms with Crippen molar-refractivity contribution in [1.82, 2.24) is 10.3 Å². The number of aromatic nitrogens is 1. The van der Waals surface area contributed by atoms with E-state index in [0.29, 0.717) is 0 Å². The molecule has 1 aromatic rings. The summed E-state index contributed by atoms with van der Waals surface area (Å²) in [6.45, 7) is 4.20. The first-order chi connectivity index (χ1) is 9.63. The molecule has 0 radical (unpaired) electrons. The molecule has 4 nitrogen and oxygen atoms in total. The highest BCUT2D eigenvalue weighted by Crippen LogP contribution is 2.15. The minimum atomic E-state index is -0.599. The van der Waals surface area contributed by atoms with Gasteiger partial charge in [-0.3, -0.25) is 4.79 Å². The quantitative estimate of drug-likeness (QED) is 0.768. The highest BCUT2D eigenvalue weighted by Gasteiger charge is 2.18. The van der Waals surface area contributed by atoms with Gasteiger partial charge in [-0.05, 0) is 18.9 Å². The molecule has 112 valence electrons. The number of hydrogen-bond donors (Lipinski definition) is 2. The zero-order valence-corrected chi connectivity index (χ0v) is 12.5. The van der Waals surface area contributed by atoms with Crippen molar-refractivity contribution < 1.29 is 9.18 Å². The average molecular weight is 281 g/mol. The lowest BCUT2D eigenvalue weighted by molar-refractivity contribution is 0.0928. The molecule has 1 atom stereocenters. The summed E-state index contributed by atoms with van der Waals surface area (Å²) in [5, 5.41) is 5.56. The Balaban J connectivity index is 2.78. The van der Waals surface area contributed by atoms with Crippen molar-refractivity contribution >= 4 is 11.7 Å². The molecule has 1 aromatic heterocycles. The zero-order chi connectivity index (χ0) is 15.0. The molecular weight excluding hydrogens is 257 g/mol. The molecule has 0 aromatic carbocycles. The standard InChI is InChI=1S/C15H24FN3O/c1-4-6-8-11(7-5-2)19-15(20)12-9-10-18-14(17-3)13(12)16/h9-11H,4-8H2,1-3H3,(H,17,18)(H,19,20). The Bertz CT molecular complexity index is 437. The largest absolute Gasteiger partial charge is 0.371 e. The first kappa shape index (κ1) is 16.4. The molecule has 5 heteroatoms. The van der Waals surface area contributed by atoms with Gasteiger partial charge in [-0.1, -0.05) is 33.1 Å². The lowest BCUT2D eigenvalue weighted by atomic mass is 10.0. The topological polar surface area (TPSA) is 54.0 Å². The van der Waals surface area contributed by atoms with Crippen LogP contribution in [0.25, 0.3) is 0 Å². The van der Waals surface area contributed by atoms with Crippen LogP contribution in [0.3, 0.4) is 0 Å². The van der Waals surface area contributed by atoms with Gasteiger partial charge in [0, 0.05) is 19.3 Å². The fourth-order valence-electron chi connectivity index (χ4n) is 2.14. The van der Waals surface area contributed by atoms with E-state index in [2.05, 4.69) is 29.5 Å². The molecule has 0 spiro atoms. The van der Waals surface area contributed by atoms with Gasteiger partial charge in [0.1, 0.15) is 0 Å². The van der Waals surface area contributed by atoms with Crippen LogP contribution >= 0.6 is 0 Å². The van der Waals surface area contributed by atoms with E-state index in [9.17, 15) is 9.18 Å². The van der Waals surface area contributed by atoms with Crippen molar-refractivity contribution in [3.05, 3.63) is 23.6 Å². The maximum absolute atomic E-state index is 14.0. The molecule has 0 aliphatic heterocycles. The van der Waals surface area contributed by atoms with Crippen LogP contribution in [0.1, 0.15) is 56.3 Å². The van der Waals surface area contributed by atoms with Crippen LogP contribution in [-0.2, 0) is 0 Å². The van der Waals surface area contributed by atoms with E-state index in [4.69, 9.17) is 0 Å². The maximum Gasteiger partial charge on any atom is 0.254 e. The van der Waals surface area contributed by atoms with E-state index in [1.807, 2.05) is 0 Å². The van der Waals surface area contributed by atoms with E-state index in [1.54, 1.807) is 7.05 Å². The van der Waals surface area contributed by atoms with Crippen LogP contribution in [0.5, 0.6) is 0 Å². The van der Waals surface area contributed by atoms with E-state index in [-0.39, 0.29) is 23.3 Å². The van der Waals surface area contributed by atoms with Gasteiger partial charge in [-0.15, -0.1) is 0 Å². The monoisotopic (exact) mass is 281 g/mol. The fourth-order valence-corrected chi connectivity index (χ4v) is 2.14. The molecular formula is C15H24FN3O. The van der Waals surface area contributed by atoms with E-state index in [0.717, 1.165) is 32.1 Å². The third-order valence-corrected chi connectivity index (χ3v) is 3.25. The molecule has 2 N–H and O–H groups in total. The number of rotatable bonds is 8. The molecule has 1 rings (SSSR count). The van der Waals surface area contributed by atoms with E-state index in [1.165, 1.54) is 12.3 Å².